The molecule has 3 aromatic rings. The number of carbonyl (C=O) groups excluding carboxylic acids is 1. The van der Waals surface area contributed by atoms with Crippen molar-refractivity contribution in [3.63, 3.8) is 0 Å². The Morgan fingerprint density at radius 3 is 2.67 bits per heavy atom. The van der Waals surface area contributed by atoms with Gasteiger partial charge in [0.05, 0.1) is 5.02 Å². The molecule has 0 spiro atoms. The fraction of sp³-hybridized carbons (Fsp3) is 0.174. The van der Waals surface area contributed by atoms with Crippen LogP contribution in [0.5, 0.6) is 5.88 Å². The van der Waals surface area contributed by atoms with Gasteiger partial charge in [-0.2, -0.15) is 9.37 Å². The fourth-order valence-corrected chi connectivity index (χ4v) is 3.64. The van der Waals surface area contributed by atoms with Crippen molar-refractivity contribution in [2.75, 3.05) is 25.0 Å². The molecule has 0 bridgehead atoms. The minimum atomic E-state index is -0.876. The molecule has 1 fully saturated rings. The van der Waals surface area contributed by atoms with Crippen LogP contribution in [0.25, 0.3) is 6.08 Å². The van der Waals surface area contributed by atoms with Gasteiger partial charge in [0.1, 0.15) is 16.9 Å². The first-order valence-electron chi connectivity index (χ1n) is 9.97. The average molecular weight is 508 g/mol. The van der Waals surface area contributed by atoms with Crippen molar-refractivity contribution in [1.82, 2.24) is 14.9 Å². The molecular weight excluding hydrogens is 490 g/mol. The number of carbonyl (C=O) groups is 1. The Labute approximate surface area is 205 Å². The van der Waals surface area contributed by atoms with Crippen molar-refractivity contribution in [3.05, 3.63) is 87.0 Å². The second kappa shape index (κ2) is 10.5. The lowest BCUT2D eigenvalue weighted by molar-refractivity contribution is 0.0253. The Balaban J connectivity index is 1.36. The first-order chi connectivity index (χ1) is 15.9. The highest BCUT2D eigenvalue weighted by Crippen LogP contribution is 2.30. The lowest BCUT2D eigenvalue weighted by Gasteiger charge is -2.38. The summed E-state index contributed by atoms with van der Waals surface area (Å²) < 4.78 is 19.8. The Morgan fingerprint density at radius 1 is 1.18 bits per heavy atom. The molecule has 33 heavy (non-hydrogen) atoms. The smallest absolute Gasteiger partial charge is 0.255 e. The van der Waals surface area contributed by atoms with Crippen molar-refractivity contribution in [1.29, 1.82) is 0 Å². The van der Waals surface area contributed by atoms with E-state index in [1.165, 1.54) is 24.4 Å². The number of anilines is 1. The highest BCUT2D eigenvalue weighted by atomic mass is 35.5. The first-order valence-corrected chi connectivity index (χ1v) is 11.1. The summed E-state index contributed by atoms with van der Waals surface area (Å²) in [5.74, 6) is -1.39. The number of rotatable bonds is 7. The number of amides is 1. The second-order valence-corrected chi connectivity index (χ2v) is 8.58. The molecule has 2 aromatic heterocycles. The van der Waals surface area contributed by atoms with Crippen LogP contribution in [0.2, 0.25) is 15.2 Å². The van der Waals surface area contributed by atoms with Crippen LogP contribution < -0.4 is 10.1 Å². The standard InChI is InChI=1S/C23H18Cl3FN4O2/c24-16-5-3-14(4-6-16)2-1-9-31-12-17(13-31)33-23-19(11-18(25)21(27)30-23)29-22(32)15-7-8-28-20(26)10-15/h1-8,10-11,17H,9,12-13H2,(H,29,32). The van der Waals surface area contributed by atoms with E-state index in [1.54, 1.807) is 0 Å². The van der Waals surface area contributed by atoms with E-state index in [-0.39, 0.29) is 33.4 Å². The van der Waals surface area contributed by atoms with Crippen LogP contribution in [0.4, 0.5) is 10.1 Å². The molecular formula is C23H18Cl3FN4O2. The quantitative estimate of drug-likeness (QED) is 0.421. The van der Waals surface area contributed by atoms with Gasteiger partial charge in [0.2, 0.25) is 11.8 Å². The molecule has 1 saturated heterocycles. The monoisotopic (exact) mass is 506 g/mol. The molecule has 0 radical (unpaired) electrons. The lowest BCUT2D eigenvalue weighted by atomic mass is 10.1. The number of benzene rings is 1. The second-order valence-electron chi connectivity index (χ2n) is 7.35. The number of halogens is 4. The fourth-order valence-electron chi connectivity index (χ4n) is 3.18. The average Bonchev–Trinajstić information content (AvgIpc) is 2.76. The van der Waals surface area contributed by atoms with Gasteiger partial charge in [-0.25, -0.2) is 4.98 Å². The molecule has 1 amide bonds. The Bertz CT molecular complexity index is 1180. The molecule has 0 unspecified atom stereocenters. The molecule has 1 N–H and O–H groups in total. The van der Waals surface area contributed by atoms with E-state index in [0.717, 1.165) is 12.1 Å². The molecule has 4 rings (SSSR count). The third-order valence-electron chi connectivity index (χ3n) is 4.88. The van der Waals surface area contributed by atoms with Crippen LogP contribution in [-0.4, -0.2) is 46.5 Å². The SMILES string of the molecule is O=C(Nc1cc(Cl)c(F)nc1OC1CN(CC=Cc2ccc(Cl)cc2)C1)c1ccnc(Cl)c1. The van der Waals surface area contributed by atoms with Crippen LogP contribution in [-0.2, 0) is 0 Å². The number of aromatic nitrogens is 2. The minimum absolute atomic E-state index is 0.0354. The maximum atomic E-state index is 14.0. The van der Waals surface area contributed by atoms with Gasteiger partial charge in [-0.15, -0.1) is 0 Å². The maximum Gasteiger partial charge on any atom is 0.255 e. The first kappa shape index (κ1) is 23.4. The van der Waals surface area contributed by atoms with Crippen molar-refractivity contribution >= 4 is 52.5 Å². The third kappa shape index (κ3) is 6.21. The number of hydrogen-bond acceptors (Lipinski definition) is 5. The zero-order chi connectivity index (χ0) is 23.4. The topological polar surface area (TPSA) is 67.3 Å². The van der Waals surface area contributed by atoms with Crippen LogP contribution in [0, 0.1) is 5.95 Å². The van der Waals surface area contributed by atoms with Gasteiger partial charge in [0.25, 0.3) is 5.91 Å². The summed E-state index contributed by atoms with van der Waals surface area (Å²) in [4.78, 5) is 22.3. The van der Waals surface area contributed by atoms with Crippen molar-refractivity contribution in [2.24, 2.45) is 0 Å². The molecule has 3 heterocycles. The van der Waals surface area contributed by atoms with Gasteiger partial charge in [-0.3, -0.25) is 9.69 Å². The zero-order valence-electron chi connectivity index (χ0n) is 17.1. The summed E-state index contributed by atoms with van der Waals surface area (Å²) in [7, 11) is 0. The highest BCUT2D eigenvalue weighted by Gasteiger charge is 2.29. The maximum absolute atomic E-state index is 14.0. The van der Waals surface area contributed by atoms with E-state index in [0.29, 0.717) is 18.1 Å². The number of nitrogens with one attached hydrogen (secondary N) is 1. The normalized spacial score (nSPS) is 14.3. The van der Waals surface area contributed by atoms with E-state index < -0.39 is 11.9 Å². The van der Waals surface area contributed by atoms with Crippen LogP contribution in [0.3, 0.4) is 0 Å². The molecule has 1 aromatic carbocycles. The van der Waals surface area contributed by atoms with Crippen molar-refractivity contribution in [3.8, 4) is 5.88 Å². The minimum Gasteiger partial charge on any atom is -0.470 e. The summed E-state index contributed by atoms with van der Waals surface area (Å²) in [6, 6.07) is 11.7. The Hall–Kier alpha value is -2.71. The van der Waals surface area contributed by atoms with Gasteiger partial charge in [-0.1, -0.05) is 59.1 Å². The lowest BCUT2D eigenvalue weighted by Crippen LogP contribution is -2.53. The van der Waals surface area contributed by atoms with Gasteiger partial charge in [-0.05, 0) is 35.9 Å². The van der Waals surface area contributed by atoms with Gasteiger partial charge in [0.15, 0.2) is 0 Å². The van der Waals surface area contributed by atoms with Gasteiger partial charge in [0, 0.05) is 36.4 Å². The van der Waals surface area contributed by atoms with Crippen LogP contribution in [0.15, 0.2) is 54.7 Å². The van der Waals surface area contributed by atoms with Crippen LogP contribution in [0.1, 0.15) is 15.9 Å². The summed E-state index contributed by atoms with van der Waals surface area (Å²) in [5, 5.41) is 3.29. The van der Waals surface area contributed by atoms with E-state index in [1.807, 2.05) is 36.4 Å². The molecule has 0 saturated carbocycles. The zero-order valence-corrected chi connectivity index (χ0v) is 19.4. The third-order valence-corrected chi connectivity index (χ3v) is 5.60. The predicted octanol–water partition coefficient (Wildman–Crippen LogP) is 5.60. The number of ether oxygens (including phenoxy) is 1. The number of hydrogen-bond donors (Lipinski definition) is 1. The molecule has 0 aliphatic carbocycles. The highest BCUT2D eigenvalue weighted by molar-refractivity contribution is 6.31. The molecule has 0 atom stereocenters. The van der Waals surface area contributed by atoms with E-state index >= 15 is 0 Å². The number of likely N-dealkylation sites (tertiary alicyclic amines) is 1. The summed E-state index contributed by atoms with van der Waals surface area (Å²) in [6.45, 7) is 1.99. The molecule has 1 aliphatic rings. The van der Waals surface area contributed by atoms with E-state index in [2.05, 4.69) is 20.2 Å². The number of nitrogens with zero attached hydrogens (tertiary/aromatic N) is 3. The molecule has 6 nitrogen and oxygen atoms in total. The summed E-state index contributed by atoms with van der Waals surface area (Å²) in [6.07, 6.45) is 5.27. The van der Waals surface area contributed by atoms with Crippen molar-refractivity contribution in [2.45, 2.75) is 6.10 Å². The molecule has 10 heteroatoms. The summed E-state index contributed by atoms with van der Waals surface area (Å²) >= 11 is 17.6. The van der Waals surface area contributed by atoms with Crippen LogP contribution >= 0.6 is 34.8 Å². The summed E-state index contributed by atoms with van der Waals surface area (Å²) in [5.41, 5.74) is 1.51. The molecule has 1 aliphatic heterocycles. The Kier molecular flexibility index (Phi) is 7.45. The van der Waals surface area contributed by atoms with Gasteiger partial charge < -0.3 is 10.1 Å². The van der Waals surface area contributed by atoms with Crippen molar-refractivity contribution < 1.29 is 13.9 Å². The predicted molar refractivity (Wildman–Crippen MR) is 128 cm³/mol. The van der Waals surface area contributed by atoms with Gasteiger partial charge >= 0.3 is 0 Å². The number of pyridine rings is 2. The molecule has 170 valence electrons. The van der Waals surface area contributed by atoms with E-state index in [4.69, 9.17) is 39.5 Å². The van der Waals surface area contributed by atoms with E-state index in [9.17, 15) is 9.18 Å². The largest absolute Gasteiger partial charge is 0.470 e. The Morgan fingerprint density at radius 2 is 1.94 bits per heavy atom.